The maximum absolute atomic E-state index is 2.44. The first-order valence-corrected chi connectivity index (χ1v) is 8.21. The van der Waals surface area contributed by atoms with Crippen molar-refractivity contribution >= 4 is 8.07 Å². The van der Waals surface area contributed by atoms with Crippen LogP contribution in [0.1, 0.15) is 27.2 Å². The molecule has 0 fully saturated rings. The lowest BCUT2D eigenvalue weighted by atomic mass is 10.1. The SMILES string of the molecule is CC1=C(C)C(C)=C([Si](C)(C)C)C1. The summed E-state index contributed by atoms with van der Waals surface area (Å²) in [7, 11) is -1.03. The van der Waals surface area contributed by atoms with E-state index >= 15 is 0 Å². The zero-order valence-corrected chi connectivity index (χ0v) is 10.2. The lowest BCUT2D eigenvalue weighted by molar-refractivity contribution is 1.19. The molecule has 0 aliphatic heterocycles. The number of hydrogen-bond donors (Lipinski definition) is 0. The van der Waals surface area contributed by atoms with Crippen molar-refractivity contribution in [2.75, 3.05) is 0 Å². The second-order valence-corrected chi connectivity index (χ2v) is 10.0. The van der Waals surface area contributed by atoms with Crippen LogP contribution in [0.3, 0.4) is 0 Å². The summed E-state index contributed by atoms with van der Waals surface area (Å²) in [5.41, 5.74) is 4.73. The van der Waals surface area contributed by atoms with Gasteiger partial charge in [-0.15, -0.1) is 0 Å². The molecule has 1 rings (SSSR count). The fraction of sp³-hybridized carbons (Fsp3) is 0.636. The zero-order valence-electron chi connectivity index (χ0n) is 9.21. The fourth-order valence-corrected chi connectivity index (χ4v) is 4.01. The van der Waals surface area contributed by atoms with E-state index in [1.807, 2.05) is 0 Å². The highest BCUT2D eigenvalue weighted by Crippen LogP contribution is 2.36. The molecule has 1 heteroatoms. The zero-order chi connectivity index (χ0) is 9.52. The summed E-state index contributed by atoms with van der Waals surface area (Å²) in [6.07, 6.45) is 1.26. The van der Waals surface area contributed by atoms with Crippen molar-refractivity contribution in [2.45, 2.75) is 46.8 Å². The molecule has 1 aliphatic carbocycles. The molecule has 0 saturated heterocycles. The van der Waals surface area contributed by atoms with Crippen molar-refractivity contribution in [3.05, 3.63) is 21.9 Å². The Morgan fingerprint density at radius 1 is 0.917 bits per heavy atom. The lowest BCUT2D eigenvalue weighted by Crippen LogP contribution is -2.24. The molecule has 0 aromatic rings. The quantitative estimate of drug-likeness (QED) is 0.537. The summed E-state index contributed by atoms with van der Waals surface area (Å²) in [5.74, 6) is 0. The van der Waals surface area contributed by atoms with Crippen molar-refractivity contribution in [1.29, 1.82) is 0 Å². The molecule has 0 heterocycles. The lowest BCUT2D eigenvalue weighted by Gasteiger charge is -2.20. The van der Waals surface area contributed by atoms with Gasteiger partial charge in [0.1, 0.15) is 0 Å². The van der Waals surface area contributed by atoms with Crippen LogP contribution >= 0.6 is 0 Å². The minimum Gasteiger partial charge on any atom is -0.0740 e. The summed E-state index contributed by atoms with van der Waals surface area (Å²) < 4.78 is 0. The highest BCUT2D eigenvalue weighted by Gasteiger charge is 2.26. The van der Waals surface area contributed by atoms with E-state index in [0.29, 0.717) is 0 Å². The minimum atomic E-state index is -1.03. The Kier molecular flexibility index (Phi) is 2.35. The van der Waals surface area contributed by atoms with E-state index in [4.69, 9.17) is 0 Å². The summed E-state index contributed by atoms with van der Waals surface area (Å²) in [6.45, 7) is 14.1. The van der Waals surface area contributed by atoms with E-state index in [1.54, 1.807) is 21.9 Å². The van der Waals surface area contributed by atoms with Gasteiger partial charge in [-0.25, -0.2) is 0 Å². The van der Waals surface area contributed by atoms with Crippen LogP contribution in [0, 0.1) is 0 Å². The molecule has 1 aliphatic rings. The molecule has 0 aromatic heterocycles. The van der Waals surface area contributed by atoms with Gasteiger partial charge in [0, 0.05) is 0 Å². The van der Waals surface area contributed by atoms with Gasteiger partial charge in [0.25, 0.3) is 0 Å². The highest BCUT2D eigenvalue weighted by atomic mass is 28.3. The molecule has 0 unspecified atom stereocenters. The van der Waals surface area contributed by atoms with Gasteiger partial charge < -0.3 is 0 Å². The number of rotatable bonds is 1. The van der Waals surface area contributed by atoms with Gasteiger partial charge in [0.15, 0.2) is 0 Å². The van der Waals surface area contributed by atoms with Gasteiger partial charge >= 0.3 is 0 Å². The molecular formula is C11H20Si. The number of allylic oxidation sites excluding steroid dienone is 4. The summed E-state index contributed by atoms with van der Waals surface area (Å²) in [4.78, 5) is 0. The van der Waals surface area contributed by atoms with E-state index in [1.165, 1.54) is 6.42 Å². The van der Waals surface area contributed by atoms with E-state index in [2.05, 4.69) is 40.4 Å². The van der Waals surface area contributed by atoms with E-state index in [-0.39, 0.29) is 0 Å². The second-order valence-electron chi connectivity index (χ2n) is 4.94. The van der Waals surface area contributed by atoms with Crippen LogP contribution in [0.2, 0.25) is 19.6 Å². The Hall–Kier alpha value is -0.303. The first kappa shape index (κ1) is 9.78. The largest absolute Gasteiger partial charge is 0.0740 e. The Labute approximate surface area is 77.4 Å². The Morgan fingerprint density at radius 2 is 1.42 bits per heavy atom. The third-order valence-electron chi connectivity index (χ3n) is 3.00. The van der Waals surface area contributed by atoms with Gasteiger partial charge in [-0.2, -0.15) is 0 Å². The Morgan fingerprint density at radius 3 is 1.58 bits per heavy atom. The molecule has 0 aromatic carbocycles. The maximum Gasteiger partial charge on any atom is 0.0732 e. The van der Waals surface area contributed by atoms with Crippen molar-refractivity contribution in [1.82, 2.24) is 0 Å². The monoisotopic (exact) mass is 180 g/mol. The molecule has 0 amide bonds. The van der Waals surface area contributed by atoms with E-state index in [9.17, 15) is 0 Å². The van der Waals surface area contributed by atoms with E-state index < -0.39 is 8.07 Å². The molecule has 0 bridgehead atoms. The highest BCUT2D eigenvalue weighted by molar-refractivity contribution is 6.83. The molecule has 0 saturated carbocycles. The van der Waals surface area contributed by atoms with Crippen LogP contribution in [0.4, 0.5) is 0 Å². The topological polar surface area (TPSA) is 0 Å². The van der Waals surface area contributed by atoms with Crippen LogP contribution < -0.4 is 0 Å². The van der Waals surface area contributed by atoms with Gasteiger partial charge in [0.2, 0.25) is 0 Å². The Bertz CT molecular complexity index is 261. The van der Waals surface area contributed by atoms with Crippen LogP contribution in [-0.4, -0.2) is 8.07 Å². The second kappa shape index (κ2) is 2.88. The third-order valence-corrected chi connectivity index (χ3v) is 5.37. The van der Waals surface area contributed by atoms with Gasteiger partial charge in [0.05, 0.1) is 8.07 Å². The normalized spacial score (nSPS) is 19.5. The van der Waals surface area contributed by atoms with Gasteiger partial charge in [-0.3, -0.25) is 0 Å². The third kappa shape index (κ3) is 1.56. The number of hydrogen-bond acceptors (Lipinski definition) is 0. The maximum atomic E-state index is 2.44. The molecule has 0 N–H and O–H groups in total. The first-order valence-electron chi connectivity index (χ1n) is 4.71. The molecule has 0 atom stereocenters. The molecule has 68 valence electrons. The smallest absolute Gasteiger partial charge is 0.0732 e. The molecular weight excluding hydrogens is 160 g/mol. The predicted octanol–water partition coefficient (Wildman–Crippen LogP) is 3.92. The first-order chi connectivity index (χ1) is 5.34. The summed E-state index contributed by atoms with van der Waals surface area (Å²) >= 11 is 0. The van der Waals surface area contributed by atoms with Gasteiger partial charge in [-0.1, -0.05) is 36.0 Å². The predicted molar refractivity (Wildman–Crippen MR) is 59.0 cm³/mol. The average Bonchev–Trinajstić information content (AvgIpc) is 2.15. The van der Waals surface area contributed by atoms with Crippen LogP contribution in [0.15, 0.2) is 21.9 Å². The Balaban J connectivity index is 3.03. The summed E-state index contributed by atoms with van der Waals surface area (Å²) in [6, 6.07) is 0. The van der Waals surface area contributed by atoms with Gasteiger partial charge in [-0.05, 0) is 32.8 Å². The van der Waals surface area contributed by atoms with Crippen LogP contribution in [0.25, 0.3) is 0 Å². The molecule has 0 spiro atoms. The average molecular weight is 180 g/mol. The van der Waals surface area contributed by atoms with Crippen molar-refractivity contribution < 1.29 is 0 Å². The van der Waals surface area contributed by atoms with Crippen molar-refractivity contribution in [3.63, 3.8) is 0 Å². The molecule has 0 radical (unpaired) electrons. The standard InChI is InChI=1S/C11H20Si/c1-8-7-11(12(4,5)6)10(3)9(8)2/h7H2,1-6H3. The van der Waals surface area contributed by atoms with Crippen molar-refractivity contribution in [2.24, 2.45) is 0 Å². The van der Waals surface area contributed by atoms with E-state index in [0.717, 1.165) is 0 Å². The molecule has 0 nitrogen and oxygen atoms in total. The fourth-order valence-electron chi connectivity index (χ4n) is 1.90. The minimum absolute atomic E-state index is 1.03. The molecule has 12 heavy (non-hydrogen) atoms. The van der Waals surface area contributed by atoms with Crippen LogP contribution in [0.5, 0.6) is 0 Å². The summed E-state index contributed by atoms with van der Waals surface area (Å²) in [5, 5.41) is 1.76. The van der Waals surface area contributed by atoms with Crippen LogP contribution in [-0.2, 0) is 0 Å². The van der Waals surface area contributed by atoms with Crippen molar-refractivity contribution in [3.8, 4) is 0 Å².